The monoisotopic (exact) mass is 829 g/mol. The summed E-state index contributed by atoms with van der Waals surface area (Å²) in [6, 6.07) is 41.9. The van der Waals surface area contributed by atoms with Gasteiger partial charge in [0.05, 0.1) is 15.5 Å². The Bertz CT molecular complexity index is 3080. The van der Waals surface area contributed by atoms with Gasteiger partial charge in [-0.2, -0.15) is 0 Å². The molecule has 8 rings (SSSR count). The van der Waals surface area contributed by atoms with E-state index in [1.807, 2.05) is 30.3 Å². The average Bonchev–Trinajstić information content (AvgIpc) is 3.69. The van der Waals surface area contributed by atoms with Gasteiger partial charge in [0.25, 0.3) is 0 Å². The Morgan fingerprint density at radius 3 is 1.41 bits per heavy atom. The highest BCUT2D eigenvalue weighted by Crippen LogP contribution is 2.32. The molecule has 0 radical (unpaired) electrons. The van der Waals surface area contributed by atoms with Crippen molar-refractivity contribution in [3.63, 3.8) is 0 Å². The van der Waals surface area contributed by atoms with Crippen molar-refractivity contribution in [1.29, 1.82) is 0 Å². The van der Waals surface area contributed by atoms with E-state index in [1.54, 1.807) is 36.4 Å². The first-order chi connectivity index (χ1) is 27.7. The Hall–Kier alpha value is -6.22. The zero-order valence-electron chi connectivity index (χ0n) is 32.4. The largest absolute Gasteiger partial charge is 0.369 e. The zero-order valence-corrected chi connectivity index (χ0v) is 34.8. The number of benzene rings is 6. The van der Waals surface area contributed by atoms with E-state index in [1.165, 1.54) is 62.9 Å². The number of aromatic nitrogens is 2. The Kier molecular flexibility index (Phi) is 11.3. The van der Waals surface area contributed by atoms with Gasteiger partial charge in [-0.25, -0.2) is 21.8 Å². The van der Waals surface area contributed by atoms with E-state index in [0.29, 0.717) is 10.8 Å². The lowest BCUT2D eigenvalue weighted by Crippen LogP contribution is -2.21. The number of guanidine groups is 1. The summed E-state index contributed by atoms with van der Waals surface area (Å²) >= 11 is 5.43. The lowest BCUT2D eigenvalue weighted by atomic mass is 10.1. The van der Waals surface area contributed by atoms with Gasteiger partial charge in [-0.1, -0.05) is 36.4 Å². The fourth-order valence-electron chi connectivity index (χ4n) is 7.11. The van der Waals surface area contributed by atoms with Crippen molar-refractivity contribution in [1.82, 2.24) is 9.13 Å². The van der Waals surface area contributed by atoms with E-state index in [9.17, 15) is 16.8 Å². The number of hydrogen-bond donors (Lipinski definition) is 4. The first-order valence-electron chi connectivity index (χ1n) is 18.5. The number of anilines is 3. The molecule has 0 bridgehead atoms. The summed E-state index contributed by atoms with van der Waals surface area (Å²) < 4.78 is 50.8. The van der Waals surface area contributed by atoms with Crippen molar-refractivity contribution in [2.45, 2.75) is 36.7 Å². The van der Waals surface area contributed by atoms with Crippen molar-refractivity contribution in [2.75, 3.05) is 28.5 Å². The fraction of sp³-hybridized carbons (Fsp3) is 0.136. The van der Waals surface area contributed by atoms with Crippen LogP contribution in [-0.2, 0) is 32.8 Å². The van der Waals surface area contributed by atoms with Crippen molar-refractivity contribution in [3.05, 3.63) is 133 Å². The molecule has 11 nitrogen and oxygen atoms in total. The predicted molar refractivity (Wildman–Crippen MR) is 244 cm³/mol. The summed E-state index contributed by atoms with van der Waals surface area (Å²) in [4.78, 5) is 4.85. The zero-order chi connectivity index (χ0) is 41.2. The summed E-state index contributed by atoms with van der Waals surface area (Å²) in [5, 5.41) is 14.6. The molecule has 0 spiro atoms. The van der Waals surface area contributed by atoms with E-state index in [4.69, 9.17) is 18.0 Å². The molecule has 0 aliphatic rings. The number of nitrogens with zero attached hydrogens (tertiary/aromatic N) is 3. The third kappa shape index (κ3) is 8.54. The van der Waals surface area contributed by atoms with Gasteiger partial charge in [0.2, 0.25) is 0 Å². The van der Waals surface area contributed by atoms with Gasteiger partial charge in [0, 0.05) is 86.3 Å². The number of rotatable bonds is 8. The molecule has 8 aromatic rings. The van der Waals surface area contributed by atoms with Crippen LogP contribution in [0.25, 0.3) is 43.6 Å². The number of thiocarbonyl (C=S) groups is 1. The van der Waals surface area contributed by atoms with Crippen LogP contribution in [0.3, 0.4) is 0 Å². The van der Waals surface area contributed by atoms with Crippen LogP contribution < -0.4 is 21.7 Å². The number of nitrogens with one attached hydrogen (secondary N) is 3. The molecular weight excluding hydrogens is 787 g/mol. The molecule has 0 amide bonds. The molecule has 0 saturated heterocycles. The highest BCUT2D eigenvalue weighted by Gasteiger charge is 2.13. The van der Waals surface area contributed by atoms with Crippen molar-refractivity contribution < 1.29 is 16.8 Å². The van der Waals surface area contributed by atoms with E-state index in [0.717, 1.165) is 35.5 Å². The molecule has 5 N–H and O–H groups in total. The first-order valence-corrected chi connectivity index (χ1v) is 22.7. The standard InChI is InChI=1S/C22H22N4O2S.C22H21N3O2S2/c1-3-26-20-7-5-4-6-18(20)19-14-16(10-13-21(19)26)25-22(23)24-15-8-11-17(12-9-15)29(2,27)28;1-3-25-20-7-5-4-6-18(20)19-14-16(10-13-21(19)25)24-22(28)23-15-8-11-17(12-9-15)29(2,26)27/h4-14H,3H2,1-2H3,(H3,23,24,25);4-14H,3H2,1-2H3,(H2,23,24,28). The van der Waals surface area contributed by atoms with E-state index in [-0.39, 0.29) is 15.8 Å². The normalized spacial score (nSPS) is 12.1. The third-order valence-electron chi connectivity index (χ3n) is 9.76. The van der Waals surface area contributed by atoms with Crippen LogP contribution in [0.4, 0.5) is 22.7 Å². The van der Waals surface area contributed by atoms with Crippen LogP contribution in [0.5, 0.6) is 0 Å². The predicted octanol–water partition coefficient (Wildman–Crippen LogP) is 9.30. The SMILES string of the molecule is CCn1c2ccccc2c2cc(NC(=S)Nc3ccc(S(C)(=O)=O)cc3)ccc21.CCn1c2ccccc2c2cc(NC(N)=Nc3ccc(S(C)(=O)=O)cc3)ccc21. The number of fused-ring (bicyclic) bond motifs is 6. The Balaban J connectivity index is 0.000000177. The lowest BCUT2D eigenvalue weighted by molar-refractivity contribution is 0.600. The first kappa shape index (κ1) is 40.0. The molecule has 0 saturated carbocycles. The summed E-state index contributed by atoms with van der Waals surface area (Å²) in [7, 11) is -6.45. The second-order valence-corrected chi connectivity index (χ2v) is 18.2. The van der Waals surface area contributed by atoms with Crippen molar-refractivity contribution in [2.24, 2.45) is 10.7 Å². The van der Waals surface area contributed by atoms with Gasteiger partial charge >= 0.3 is 0 Å². The van der Waals surface area contributed by atoms with Gasteiger partial charge in [-0.15, -0.1) is 0 Å². The molecule has 0 aliphatic heterocycles. The number of sulfone groups is 2. The van der Waals surface area contributed by atoms with Crippen LogP contribution in [0.15, 0.2) is 148 Å². The van der Waals surface area contributed by atoms with Crippen molar-refractivity contribution in [3.8, 4) is 0 Å². The van der Waals surface area contributed by atoms with Crippen LogP contribution >= 0.6 is 12.2 Å². The van der Waals surface area contributed by atoms with Gasteiger partial charge in [-0.05, 0) is 123 Å². The quantitative estimate of drug-likeness (QED) is 0.0667. The minimum atomic E-state index is -3.23. The number of aryl methyl sites for hydroxylation is 2. The Labute approximate surface area is 343 Å². The number of para-hydroxylation sites is 2. The molecule has 14 heteroatoms. The van der Waals surface area contributed by atoms with Crippen LogP contribution in [0.1, 0.15) is 13.8 Å². The van der Waals surface area contributed by atoms with E-state index in [2.05, 4.69) is 98.5 Å². The van der Waals surface area contributed by atoms with E-state index >= 15 is 0 Å². The summed E-state index contributed by atoms with van der Waals surface area (Å²) in [5.41, 5.74) is 13.9. The maximum Gasteiger partial charge on any atom is 0.198 e. The van der Waals surface area contributed by atoms with Gasteiger partial charge in [-0.3, -0.25) is 0 Å². The Morgan fingerprint density at radius 1 is 0.552 bits per heavy atom. The van der Waals surface area contributed by atoms with Crippen LogP contribution in [0.2, 0.25) is 0 Å². The molecule has 0 aliphatic carbocycles. The molecule has 2 aromatic heterocycles. The van der Waals surface area contributed by atoms with Gasteiger partial charge in [0.15, 0.2) is 30.7 Å². The third-order valence-corrected chi connectivity index (χ3v) is 12.2. The van der Waals surface area contributed by atoms with Gasteiger partial charge in [0.1, 0.15) is 0 Å². The highest BCUT2D eigenvalue weighted by atomic mass is 32.2. The van der Waals surface area contributed by atoms with Crippen molar-refractivity contribution >= 4 is 109 Å². The van der Waals surface area contributed by atoms with Crippen LogP contribution in [-0.4, -0.2) is 49.6 Å². The molecular formula is C44H43N7O4S3. The number of nitrogens with two attached hydrogens (primary N) is 1. The topological polar surface area (TPSA) is 153 Å². The summed E-state index contributed by atoms with van der Waals surface area (Å²) in [6.07, 6.45) is 2.36. The Morgan fingerprint density at radius 2 is 0.948 bits per heavy atom. The summed E-state index contributed by atoms with van der Waals surface area (Å²) in [5.74, 6) is 0.232. The molecule has 0 atom stereocenters. The highest BCUT2D eigenvalue weighted by molar-refractivity contribution is 7.91. The average molecular weight is 830 g/mol. The minimum absolute atomic E-state index is 0.232. The fourth-order valence-corrected chi connectivity index (χ4v) is 8.60. The lowest BCUT2D eigenvalue weighted by Gasteiger charge is -2.11. The molecule has 296 valence electrons. The molecule has 58 heavy (non-hydrogen) atoms. The molecule has 0 unspecified atom stereocenters. The minimum Gasteiger partial charge on any atom is -0.369 e. The number of aliphatic imine (C=N–C) groups is 1. The van der Waals surface area contributed by atoms with Gasteiger partial charge < -0.3 is 30.8 Å². The second kappa shape index (κ2) is 16.3. The maximum atomic E-state index is 11.6. The number of hydrogen-bond acceptors (Lipinski definition) is 6. The smallest absolute Gasteiger partial charge is 0.198 e. The van der Waals surface area contributed by atoms with Crippen LogP contribution in [0, 0.1) is 0 Å². The molecule has 6 aromatic carbocycles. The molecule has 2 heterocycles. The molecule has 0 fully saturated rings. The summed E-state index contributed by atoms with van der Waals surface area (Å²) in [6.45, 7) is 6.08. The maximum absolute atomic E-state index is 11.6. The van der Waals surface area contributed by atoms with E-state index < -0.39 is 19.7 Å². The second-order valence-electron chi connectivity index (χ2n) is 13.8.